The zero-order valence-electron chi connectivity index (χ0n) is 9.47. The predicted molar refractivity (Wildman–Crippen MR) is 65.7 cm³/mol. The van der Waals surface area contributed by atoms with Gasteiger partial charge in [-0.1, -0.05) is 6.92 Å². The molecule has 6 heteroatoms. The van der Waals surface area contributed by atoms with Crippen LogP contribution in [0.15, 0.2) is 12.1 Å². The van der Waals surface area contributed by atoms with Crippen molar-refractivity contribution in [2.45, 2.75) is 19.4 Å². The van der Waals surface area contributed by atoms with Crippen molar-refractivity contribution >= 4 is 28.2 Å². The maximum atomic E-state index is 11.7. The molecule has 0 spiro atoms. The lowest BCUT2D eigenvalue weighted by atomic mass is 10.1. The number of carbonyl (C=O) groups excluding carboxylic acids is 1. The summed E-state index contributed by atoms with van der Waals surface area (Å²) in [4.78, 5) is 24.8. The lowest BCUT2D eigenvalue weighted by molar-refractivity contribution is -0.123. The van der Waals surface area contributed by atoms with Crippen molar-refractivity contribution in [1.82, 2.24) is 5.32 Å². The zero-order valence-corrected chi connectivity index (χ0v) is 10.3. The number of anilines is 1. The number of nitrogens with zero attached hydrogens (tertiary/aromatic N) is 1. The highest BCUT2D eigenvalue weighted by Gasteiger charge is 2.29. The molecule has 1 amide bonds. The average molecular weight is 254 g/mol. The Hall–Kier alpha value is -1.56. The second kappa shape index (κ2) is 4.75. The van der Waals surface area contributed by atoms with Gasteiger partial charge in [0.2, 0.25) is 5.91 Å². The number of hydrogen-bond acceptors (Lipinski definition) is 4. The molecule has 1 saturated heterocycles. The van der Waals surface area contributed by atoms with Crippen LogP contribution in [0.3, 0.4) is 0 Å². The first kappa shape index (κ1) is 11.9. The number of thiophene rings is 1. The molecule has 92 valence electrons. The molecular formula is C11H14N2O3S. The number of piperazine rings is 1. The molecule has 0 radical (unpaired) electrons. The van der Waals surface area contributed by atoms with E-state index in [1.807, 2.05) is 11.8 Å². The van der Waals surface area contributed by atoms with Crippen molar-refractivity contribution < 1.29 is 14.7 Å². The summed E-state index contributed by atoms with van der Waals surface area (Å²) < 4.78 is 0. The van der Waals surface area contributed by atoms with Crippen LogP contribution in [0, 0.1) is 0 Å². The molecule has 0 saturated carbocycles. The fraction of sp³-hybridized carbons (Fsp3) is 0.455. The highest BCUT2D eigenvalue weighted by molar-refractivity contribution is 7.17. The van der Waals surface area contributed by atoms with E-state index in [9.17, 15) is 9.59 Å². The molecule has 5 nitrogen and oxygen atoms in total. The van der Waals surface area contributed by atoms with Crippen LogP contribution in [-0.2, 0) is 4.79 Å². The number of carboxylic acids is 1. The van der Waals surface area contributed by atoms with Crippen LogP contribution in [0.4, 0.5) is 5.00 Å². The van der Waals surface area contributed by atoms with Gasteiger partial charge in [0.05, 0.1) is 5.00 Å². The van der Waals surface area contributed by atoms with Crippen LogP contribution in [0.2, 0.25) is 0 Å². The number of hydrogen-bond donors (Lipinski definition) is 2. The van der Waals surface area contributed by atoms with Gasteiger partial charge in [-0.05, 0) is 18.6 Å². The van der Waals surface area contributed by atoms with Gasteiger partial charge in [0.25, 0.3) is 0 Å². The van der Waals surface area contributed by atoms with Crippen molar-refractivity contribution in [2.75, 3.05) is 18.0 Å². The van der Waals surface area contributed by atoms with Gasteiger partial charge in [-0.25, -0.2) is 4.79 Å². The summed E-state index contributed by atoms with van der Waals surface area (Å²) in [6, 6.07) is 3.17. The zero-order chi connectivity index (χ0) is 12.4. The van der Waals surface area contributed by atoms with Crippen LogP contribution >= 0.6 is 11.3 Å². The van der Waals surface area contributed by atoms with E-state index < -0.39 is 5.97 Å². The fourth-order valence-electron chi connectivity index (χ4n) is 1.98. The third kappa shape index (κ3) is 2.26. The van der Waals surface area contributed by atoms with Crippen molar-refractivity contribution in [3.63, 3.8) is 0 Å². The number of aromatic carboxylic acids is 1. The van der Waals surface area contributed by atoms with Gasteiger partial charge in [-0.15, -0.1) is 11.3 Å². The Bertz CT molecular complexity index is 444. The third-order valence-electron chi connectivity index (χ3n) is 2.80. The van der Waals surface area contributed by atoms with E-state index in [-0.39, 0.29) is 11.9 Å². The summed E-state index contributed by atoms with van der Waals surface area (Å²) in [6.07, 6.45) is 0.714. The van der Waals surface area contributed by atoms with Gasteiger partial charge in [-0.2, -0.15) is 0 Å². The summed E-state index contributed by atoms with van der Waals surface area (Å²) >= 11 is 1.22. The van der Waals surface area contributed by atoms with Gasteiger partial charge < -0.3 is 15.3 Å². The Labute approximate surface area is 103 Å². The molecule has 1 aromatic heterocycles. The second-order valence-electron chi connectivity index (χ2n) is 3.85. The highest BCUT2D eigenvalue weighted by Crippen LogP contribution is 2.29. The van der Waals surface area contributed by atoms with E-state index >= 15 is 0 Å². The van der Waals surface area contributed by atoms with Gasteiger partial charge >= 0.3 is 5.97 Å². The van der Waals surface area contributed by atoms with E-state index in [2.05, 4.69) is 5.32 Å². The van der Waals surface area contributed by atoms with Crippen LogP contribution in [0.25, 0.3) is 0 Å². The summed E-state index contributed by atoms with van der Waals surface area (Å²) in [5, 5.41) is 12.6. The molecule has 1 aromatic rings. The largest absolute Gasteiger partial charge is 0.477 e. The number of amides is 1. The summed E-state index contributed by atoms with van der Waals surface area (Å²) in [5.74, 6) is -0.903. The van der Waals surface area contributed by atoms with Crippen molar-refractivity contribution in [2.24, 2.45) is 0 Å². The van der Waals surface area contributed by atoms with E-state index in [0.717, 1.165) is 11.5 Å². The number of carbonyl (C=O) groups is 2. The summed E-state index contributed by atoms with van der Waals surface area (Å²) in [5.41, 5.74) is 0. The van der Waals surface area contributed by atoms with Crippen LogP contribution in [-0.4, -0.2) is 36.1 Å². The minimum absolute atomic E-state index is 0.0176. The molecule has 0 bridgehead atoms. The van der Waals surface area contributed by atoms with Gasteiger partial charge in [-0.3, -0.25) is 4.79 Å². The maximum Gasteiger partial charge on any atom is 0.345 e. The molecule has 0 aliphatic carbocycles. The Morgan fingerprint density at radius 3 is 3.00 bits per heavy atom. The topological polar surface area (TPSA) is 69.6 Å². The first-order chi connectivity index (χ1) is 8.13. The smallest absolute Gasteiger partial charge is 0.345 e. The Morgan fingerprint density at radius 2 is 2.41 bits per heavy atom. The molecule has 2 heterocycles. The molecule has 2 N–H and O–H groups in total. The van der Waals surface area contributed by atoms with E-state index in [1.165, 1.54) is 11.3 Å². The molecular weight excluding hydrogens is 240 g/mol. The SMILES string of the molecule is CCC1C(=O)NCCN1c1ccc(C(=O)O)s1. The second-order valence-corrected chi connectivity index (χ2v) is 4.91. The first-order valence-electron chi connectivity index (χ1n) is 5.51. The number of nitrogens with one attached hydrogen (secondary N) is 1. The normalized spacial score (nSPS) is 20.2. The Balaban J connectivity index is 2.24. The van der Waals surface area contributed by atoms with Crippen LogP contribution in [0.5, 0.6) is 0 Å². The van der Waals surface area contributed by atoms with Gasteiger partial charge in [0, 0.05) is 13.1 Å². The quantitative estimate of drug-likeness (QED) is 0.849. The number of carboxylic acid groups (broad SMARTS) is 1. The van der Waals surface area contributed by atoms with Gasteiger partial charge in [0.15, 0.2) is 0 Å². The van der Waals surface area contributed by atoms with Crippen molar-refractivity contribution in [3.05, 3.63) is 17.0 Å². The minimum atomic E-state index is -0.921. The lowest BCUT2D eigenvalue weighted by Crippen LogP contribution is -2.54. The van der Waals surface area contributed by atoms with E-state index in [1.54, 1.807) is 12.1 Å². The molecule has 1 aliphatic heterocycles. The van der Waals surface area contributed by atoms with E-state index in [4.69, 9.17) is 5.11 Å². The summed E-state index contributed by atoms with van der Waals surface area (Å²) in [6.45, 7) is 3.29. The average Bonchev–Trinajstić information content (AvgIpc) is 2.77. The minimum Gasteiger partial charge on any atom is -0.477 e. The van der Waals surface area contributed by atoms with Crippen LogP contribution < -0.4 is 10.2 Å². The fourth-order valence-corrected chi connectivity index (χ4v) is 2.90. The monoisotopic (exact) mass is 254 g/mol. The molecule has 1 atom stereocenters. The third-order valence-corrected chi connectivity index (χ3v) is 3.91. The van der Waals surface area contributed by atoms with Crippen LogP contribution in [0.1, 0.15) is 23.0 Å². The van der Waals surface area contributed by atoms with Crippen molar-refractivity contribution in [3.8, 4) is 0 Å². The molecule has 1 aliphatic rings. The first-order valence-corrected chi connectivity index (χ1v) is 6.32. The van der Waals surface area contributed by atoms with Gasteiger partial charge in [0.1, 0.15) is 10.9 Å². The Morgan fingerprint density at radius 1 is 1.65 bits per heavy atom. The molecule has 0 aromatic carbocycles. The lowest BCUT2D eigenvalue weighted by Gasteiger charge is -2.35. The maximum absolute atomic E-state index is 11.7. The summed E-state index contributed by atoms with van der Waals surface area (Å²) in [7, 11) is 0. The Kier molecular flexibility index (Phi) is 3.33. The standard InChI is InChI=1S/C11H14N2O3S/c1-2-7-10(14)12-5-6-13(7)9-4-3-8(17-9)11(15)16/h3-4,7H,2,5-6H2,1H3,(H,12,14)(H,15,16). The highest BCUT2D eigenvalue weighted by atomic mass is 32.1. The number of rotatable bonds is 3. The molecule has 2 rings (SSSR count). The molecule has 1 unspecified atom stereocenters. The molecule has 17 heavy (non-hydrogen) atoms. The predicted octanol–water partition coefficient (Wildman–Crippen LogP) is 1.16. The van der Waals surface area contributed by atoms with E-state index in [0.29, 0.717) is 17.8 Å². The molecule has 1 fully saturated rings. The van der Waals surface area contributed by atoms with Crippen molar-refractivity contribution in [1.29, 1.82) is 0 Å².